The van der Waals surface area contributed by atoms with E-state index in [4.69, 9.17) is 9.72 Å². The van der Waals surface area contributed by atoms with Crippen LogP contribution in [0.2, 0.25) is 0 Å². The van der Waals surface area contributed by atoms with E-state index < -0.39 is 5.41 Å². The minimum atomic E-state index is -0.501. The Hall–Kier alpha value is -2.73. The van der Waals surface area contributed by atoms with Gasteiger partial charge >= 0.3 is 0 Å². The first-order chi connectivity index (χ1) is 14.5. The van der Waals surface area contributed by atoms with E-state index in [1.807, 2.05) is 43.5 Å². The molecular formula is C24H27N3O2S. The number of amides is 1. The zero-order valence-corrected chi connectivity index (χ0v) is 18.5. The second-order valence-corrected chi connectivity index (χ2v) is 8.87. The number of carbonyl (C=O) groups is 1. The molecule has 0 saturated heterocycles. The van der Waals surface area contributed by atoms with Crippen LogP contribution in [-0.4, -0.2) is 23.0 Å². The van der Waals surface area contributed by atoms with Gasteiger partial charge in [-0.15, -0.1) is 11.3 Å². The van der Waals surface area contributed by atoms with E-state index in [0.717, 1.165) is 58.8 Å². The lowest BCUT2D eigenvalue weighted by Gasteiger charge is -2.30. The number of ether oxygens (including phenoxy) is 1. The van der Waals surface area contributed by atoms with Crippen molar-refractivity contribution in [2.75, 3.05) is 7.11 Å². The highest BCUT2D eigenvalue weighted by Gasteiger charge is 2.43. The molecule has 1 aliphatic rings. The summed E-state index contributed by atoms with van der Waals surface area (Å²) in [4.78, 5) is 22.4. The van der Waals surface area contributed by atoms with Crippen LogP contribution in [0.4, 0.5) is 0 Å². The summed E-state index contributed by atoms with van der Waals surface area (Å²) in [5.74, 6) is 0.914. The Morgan fingerprint density at radius 2 is 2.07 bits per heavy atom. The first kappa shape index (κ1) is 20.5. The Balaban J connectivity index is 1.56. The van der Waals surface area contributed by atoms with Crippen molar-refractivity contribution in [3.63, 3.8) is 0 Å². The van der Waals surface area contributed by atoms with Gasteiger partial charge in [0.25, 0.3) is 0 Å². The minimum Gasteiger partial charge on any atom is -0.496 e. The molecule has 1 aliphatic carbocycles. The summed E-state index contributed by atoms with van der Waals surface area (Å²) in [5, 5.41) is 6.17. The van der Waals surface area contributed by atoms with Crippen LogP contribution in [0.15, 0.2) is 48.1 Å². The molecule has 156 valence electrons. The van der Waals surface area contributed by atoms with Crippen LogP contribution >= 0.6 is 11.3 Å². The van der Waals surface area contributed by atoms with Crippen molar-refractivity contribution < 1.29 is 9.53 Å². The topological polar surface area (TPSA) is 64.1 Å². The molecule has 2 aromatic heterocycles. The van der Waals surface area contributed by atoms with Gasteiger partial charge in [-0.1, -0.05) is 25.0 Å². The molecule has 4 rings (SSSR count). The van der Waals surface area contributed by atoms with Crippen molar-refractivity contribution in [1.29, 1.82) is 0 Å². The van der Waals surface area contributed by atoms with E-state index in [1.165, 1.54) is 0 Å². The highest BCUT2D eigenvalue weighted by atomic mass is 32.1. The third kappa shape index (κ3) is 3.84. The van der Waals surface area contributed by atoms with Crippen molar-refractivity contribution in [2.24, 2.45) is 0 Å². The van der Waals surface area contributed by atoms with Crippen molar-refractivity contribution in [3.05, 3.63) is 64.2 Å². The molecule has 1 amide bonds. The summed E-state index contributed by atoms with van der Waals surface area (Å²) in [6.07, 6.45) is 7.38. The maximum Gasteiger partial charge on any atom is 0.231 e. The smallest absolute Gasteiger partial charge is 0.231 e. The number of hydrogen-bond acceptors (Lipinski definition) is 5. The third-order valence-electron chi connectivity index (χ3n) is 6.05. The molecule has 0 spiro atoms. The lowest BCUT2D eigenvalue weighted by Crippen LogP contribution is -2.43. The van der Waals surface area contributed by atoms with Crippen LogP contribution < -0.4 is 10.1 Å². The molecule has 1 fully saturated rings. The van der Waals surface area contributed by atoms with E-state index in [0.29, 0.717) is 0 Å². The molecule has 1 N–H and O–H groups in total. The zero-order valence-electron chi connectivity index (χ0n) is 17.6. The molecule has 30 heavy (non-hydrogen) atoms. The zero-order chi connectivity index (χ0) is 21.1. The maximum atomic E-state index is 13.5. The van der Waals surface area contributed by atoms with Gasteiger partial charge in [0.2, 0.25) is 5.91 Å². The molecule has 6 heteroatoms. The van der Waals surface area contributed by atoms with Gasteiger partial charge in [0.15, 0.2) is 0 Å². The van der Waals surface area contributed by atoms with Crippen molar-refractivity contribution in [1.82, 2.24) is 15.3 Å². The average Bonchev–Trinajstić information content (AvgIpc) is 3.45. The number of aryl methyl sites for hydroxylation is 1. The number of nitrogens with one attached hydrogen (secondary N) is 1. The highest BCUT2D eigenvalue weighted by molar-refractivity contribution is 7.10. The Morgan fingerprint density at radius 1 is 1.27 bits per heavy atom. The van der Waals surface area contributed by atoms with Crippen LogP contribution in [0.3, 0.4) is 0 Å². The second kappa shape index (κ2) is 8.56. The fourth-order valence-electron chi connectivity index (χ4n) is 4.27. The minimum absolute atomic E-state index is 0.0801. The van der Waals surface area contributed by atoms with E-state index in [9.17, 15) is 4.79 Å². The predicted molar refractivity (Wildman–Crippen MR) is 120 cm³/mol. The Kier molecular flexibility index (Phi) is 5.86. The van der Waals surface area contributed by atoms with E-state index in [1.54, 1.807) is 30.8 Å². The van der Waals surface area contributed by atoms with Gasteiger partial charge in [-0.05, 0) is 56.0 Å². The van der Waals surface area contributed by atoms with E-state index >= 15 is 0 Å². The number of thiazole rings is 1. The Labute approximate surface area is 181 Å². The lowest BCUT2D eigenvalue weighted by molar-refractivity contribution is -0.127. The molecular weight excluding hydrogens is 394 g/mol. The molecule has 0 aliphatic heterocycles. The second-order valence-electron chi connectivity index (χ2n) is 7.98. The van der Waals surface area contributed by atoms with Crippen molar-refractivity contribution in [3.8, 4) is 17.0 Å². The number of methoxy groups -OCH3 is 1. The predicted octanol–water partition coefficient (Wildman–Crippen LogP) is 5.21. The molecule has 5 nitrogen and oxygen atoms in total. The quantitative estimate of drug-likeness (QED) is 0.593. The summed E-state index contributed by atoms with van der Waals surface area (Å²) in [6.45, 7) is 4.02. The summed E-state index contributed by atoms with van der Waals surface area (Å²) in [7, 11) is 1.68. The SMILES string of the molecule is COc1cc(C2(C(=O)NC(C)c3nc(-c4cccnc4)cs3)CCCC2)ccc1C. The fourth-order valence-corrected chi connectivity index (χ4v) is 5.11. The Morgan fingerprint density at radius 3 is 2.77 bits per heavy atom. The highest BCUT2D eigenvalue weighted by Crippen LogP contribution is 2.43. The van der Waals surface area contributed by atoms with Crippen molar-refractivity contribution >= 4 is 17.2 Å². The van der Waals surface area contributed by atoms with Crippen molar-refractivity contribution in [2.45, 2.75) is 51.0 Å². The van der Waals surface area contributed by atoms with Crippen LogP contribution in [0, 0.1) is 6.92 Å². The first-order valence-electron chi connectivity index (χ1n) is 10.4. The standard InChI is InChI=1S/C24H27N3O2S/c1-16-8-9-19(13-21(16)29-3)24(10-4-5-11-24)23(28)26-17(2)22-27-20(15-30-22)18-7-6-12-25-14-18/h6-9,12-15,17H,4-5,10-11H2,1-3H3,(H,26,28). The van der Waals surface area contributed by atoms with Crippen LogP contribution in [0.25, 0.3) is 11.3 Å². The normalized spacial score (nSPS) is 16.2. The van der Waals surface area contributed by atoms with Gasteiger partial charge in [-0.25, -0.2) is 4.98 Å². The number of aromatic nitrogens is 2. The molecule has 0 bridgehead atoms. The van der Waals surface area contributed by atoms with Gasteiger partial charge in [-0.2, -0.15) is 0 Å². The average molecular weight is 422 g/mol. The summed E-state index contributed by atoms with van der Waals surface area (Å²) in [5.41, 5.74) is 3.50. The number of pyridine rings is 1. The summed E-state index contributed by atoms with van der Waals surface area (Å²) < 4.78 is 5.52. The molecule has 2 heterocycles. The molecule has 1 unspecified atom stereocenters. The van der Waals surface area contributed by atoms with Crippen LogP contribution in [0.5, 0.6) is 5.75 Å². The van der Waals surface area contributed by atoms with Gasteiger partial charge in [0, 0.05) is 23.3 Å². The molecule has 1 aromatic carbocycles. The van der Waals surface area contributed by atoms with E-state index in [-0.39, 0.29) is 11.9 Å². The number of nitrogens with zero attached hydrogens (tertiary/aromatic N) is 2. The molecule has 1 saturated carbocycles. The van der Waals surface area contributed by atoms with Gasteiger partial charge in [0.1, 0.15) is 10.8 Å². The van der Waals surface area contributed by atoms with Gasteiger partial charge in [-0.3, -0.25) is 9.78 Å². The first-order valence-corrected chi connectivity index (χ1v) is 11.2. The Bertz CT molecular complexity index is 1030. The number of benzene rings is 1. The summed E-state index contributed by atoms with van der Waals surface area (Å²) in [6, 6.07) is 9.91. The van der Waals surface area contributed by atoms with Gasteiger partial charge in [0.05, 0.1) is 24.3 Å². The number of hydrogen-bond donors (Lipinski definition) is 1. The summed E-state index contributed by atoms with van der Waals surface area (Å²) >= 11 is 1.57. The maximum absolute atomic E-state index is 13.5. The number of rotatable bonds is 6. The van der Waals surface area contributed by atoms with E-state index in [2.05, 4.69) is 16.4 Å². The fraction of sp³-hybridized carbons (Fsp3) is 0.375. The molecule has 1 atom stereocenters. The number of carbonyl (C=O) groups excluding carboxylic acids is 1. The van der Waals surface area contributed by atoms with Crippen LogP contribution in [-0.2, 0) is 10.2 Å². The molecule has 3 aromatic rings. The largest absolute Gasteiger partial charge is 0.496 e. The molecule has 0 radical (unpaired) electrons. The third-order valence-corrected chi connectivity index (χ3v) is 7.08. The van der Waals surface area contributed by atoms with Crippen LogP contribution in [0.1, 0.15) is 54.8 Å². The van der Waals surface area contributed by atoms with Gasteiger partial charge < -0.3 is 10.1 Å². The lowest BCUT2D eigenvalue weighted by atomic mass is 9.77. The monoisotopic (exact) mass is 421 g/mol.